The number of fused-ring (bicyclic) bond motifs is 2. The molecule has 2 N–H and O–H groups in total. The Morgan fingerprint density at radius 2 is 1.45 bits per heavy atom. The molecule has 0 amide bonds. The van der Waals surface area contributed by atoms with E-state index in [1.165, 1.54) is 5.56 Å². The lowest BCUT2D eigenvalue weighted by Crippen LogP contribution is -2.09. The molecule has 0 unspecified atom stereocenters. The molecule has 0 fully saturated rings. The van der Waals surface area contributed by atoms with Crippen molar-refractivity contribution in [1.29, 1.82) is 0 Å². The molecule has 7 heteroatoms. The van der Waals surface area contributed by atoms with E-state index in [9.17, 15) is 8.42 Å². The van der Waals surface area contributed by atoms with Gasteiger partial charge in [0.05, 0.1) is 17.3 Å². The second-order valence-electron chi connectivity index (χ2n) is 7.34. The maximum absolute atomic E-state index is 11.4. The second-order valence-corrected chi connectivity index (χ2v) is 9.09. The third-order valence-electron chi connectivity index (χ3n) is 4.77. The van der Waals surface area contributed by atoms with Gasteiger partial charge in [-0.05, 0) is 68.3 Å². The number of aryl methyl sites for hydroxylation is 3. The molecule has 0 aliphatic heterocycles. The lowest BCUT2D eigenvalue weighted by molar-refractivity contribution is 0.607. The minimum absolute atomic E-state index is 0.513. The first-order valence-electron chi connectivity index (χ1n) is 9.23. The Kier molecular flexibility index (Phi) is 4.62. The maximum Gasteiger partial charge on any atom is 0.229 e. The van der Waals surface area contributed by atoms with Crippen molar-refractivity contribution in [3.63, 3.8) is 0 Å². The van der Waals surface area contributed by atoms with Crippen molar-refractivity contribution in [3.8, 4) is 0 Å². The van der Waals surface area contributed by atoms with E-state index in [2.05, 4.69) is 47.1 Å². The van der Waals surface area contributed by atoms with Gasteiger partial charge in [-0.2, -0.15) is 0 Å². The largest absolute Gasteiger partial charge is 0.340 e. The minimum atomic E-state index is -3.30. The highest BCUT2D eigenvalue weighted by Gasteiger charge is 2.11. The van der Waals surface area contributed by atoms with Gasteiger partial charge >= 0.3 is 0 Å². The van der Waals surface area contributed by atoms with Crippen molar-refractivity contribution < 1.29 is 8.42 Å². The Labute approximate surface area is 170 Å². The molecule has 4 aromatic rings. The Balaban J connectivity index is 1.79. The van der Waals surface area contributed by atoms with Crippen LogP contribution in [0.4, 0.5) is 17.2 Å². The van der Waals surface area contributed by atoms with Gasteiger partial charge < -0.3 is 5.32 Å². The fourth-order valence-electron chi connectivity index (χ4n) is 3.38. The SMILES string of the molecule is Cc1cc2nc3c(C)ccc(C)c3cc2c(Nc2ccc(NS(C)(=O)=O)cc2)n1. The minimum Gasteiger partial charge on any atom is -0.340 e. The van der Waals surface area contributed by atoms with Crippen molar-refractivity contribution in [2.24, 2.45) is 0 Å². The Bertz CT molecular complexity index is 1350. The molecule has 4 rings (SSSR count). The normalized spacial score (nSPS) is 11.7. The average Bonchev–Trinajstić information content (AvgIpc) is 2.64. The number of rotatable bonds is 4. The zero-order chi connectivity index (χ0) is 20.8. The van der Waals surface area contributed by atoms with E-state index >= 15 is 0 Å². The van der Waals surface area contributed by atoms with Gasteiger partial charge in [0.15, 0.2) is 0 Å². The maximum atomic E-state index is 11.4. The first kappa shape index (κ1) is 19.1. The van der Waals surface area contributed by atoms with Crippen molar-refractivity contribution in [2.75, 3.05) is 16.3 Å². The standard InChI is InChI=1S/C22H22N4O2S/c1-13-5-6-14(2)21-18(13)12-19-20(25-21)11-15(3)23-22(19)24-16-7-9-17(10-8-16)26-29(4,27)28/h5-12,26H,1-4H3,(H,23,24). The lowest BCUT2D eigenvalue weighted by atomic mass is 10.0. The Morgan fingerprint density at radius 1 is 0.793 bits per heavy atom. The lowest BCUT2D eigenvalue weighted by Gasteiger charge is -2.13. The molecular weight excluding hydrogens is 384 g/mol. The Morgan fingerprint density at radius 3 is 2.14 bits per heavy atom. The molecule has 0 bridgehead atoms. The first-order chi connectivity index (χ1) is 13.7. The van der Waals surface area contributed by atoms with Gasteiger partial charge in [-0.1, -0.05) is 12.1 Å². The van der Waals surface area contributed by atoms with Crippen molar-refractivity contribution in [2.45, 2.75) is 20.8 Å². The number of sulfonamides is 1. The van der Waals surface area contributed by atoms with Gasteiger partial charge in [-0.15, -0.1) is 0 Å². The molecule has 0 aliphatic carbocycles. The van der Waals surface area contributed by atoms with Crippen LogP contribution in [0.2, 0.25) is 0 Å². The van der Waals surface area contributed by atoms with Crippen LogP contribution in [0.3, 0.4) is 0 Å². The molecule has 0 aliphatic rings. The third kappa shape index (κ3) is 4.00. The van der Waals surface area contributed by atoms with E-state index in [0.29, 0.717) is 5.69 Å². The smallest absolute Gasteiger partial charge is 0.229 e. The van der Waals surface area contributed by atoms with E-state index in [1.54, 1.807) is 12.1 Å². The van der Waals surface area contributed by atoms with Gasteiger partial charge in [-0.25, -0.2) is 18.4 Å². The topological polar surface area (TPSA) is 84.0 Å². The number of aromatic nitrogens is 2. The summed E-state index contributed by atoms with van der Waals surface area (Å²) in [7, 11) is -3.30. The monoisotopic (exact) mass is 406 g/mol. The van der Waals surface area contributed by atoms with Crippen LogP contribution in [0, 0.1) is 20.8 Å². The fourth-order valence-corrected chi connectivity index (χ4v) is 3.95. The van der Waals surface area contributed by atoms with Gasteiger partial charge in [0, 0.05) is 27.8 Å². The van der Waals surface area contributed by atoms with Crippen molar-refractivity contribution in [1.82, 2.24) is 9.97 Å². The molecule has 148 valence electrons. The van der Waals surface area contributed by atoms with Gasteiger partial charge in [0.25, 0.3) is 0 Å². The van der Waals surface area contributed by atoms with Gasteiger partial charge in [-0.3, -0.25) is 4.72 Å². The average molecular weight is 407 g/mol. The summed E-state index contributed by atoms with van der Waals surface area (Å²) >= 11 is 0. The van der Waals surface area contributed by atoms with Gasteiger partial charge in [0.1, 0.15) is 5.82 Å². The highest BCUT2D eigenvalue weighted by molar-refractivity contribution is 7.92. The van der Waals surface area contributed by atoms with E-state index in [-0.39, 0.29) is 0 Å². The van der Waals surface area contributed by atoms with Crippen LogP contribution in [-0.2, 0) is 10.0 Å². The van der Waals surface area contributed by atoms with Crippen LogP contribution in [0.5, 0.6) is 0 Å². The summed E-state index contributed by atoms with van der Waals surface area (Å²) < 4.78 is 25.2. The van der Waals surface area contributed by atoms with Crippen LogP contribution in [0.1, 0.15) is 16.8 Å². The first-order valence-corrected chi connectivity index (χ1v) is 11.1. The van der Waals surface area contributed by atoms with E-state index in [0.717, 1.165) is 50.8 Å². The molecule has 0 radical (unpaired) electrons. The number of pyridine rings is 2. The van der Waals surface area contributed by atoms with Crippen molar-refractivity contribution in [3.05, 3.63) is 65.4 Å². The molecule has 0 saturated carbocycles. The molecule has 2 aromatic heterocycles. The van der Waals surface area contributed by atoms with Crippen molar-refractivity contribution >= 4 is 49.0 Å². The van der Waals surface area contributed by atoms with Crippen LogP contribution >= 0.6 is 0 Å². The molecular formula is C22H22N4O2S. The predicted molar refractivity (Wildman–Crippen MR) is 119 cm³/mol. The highest BCUT2D eigenvalue weighted by Crippen LogP contribution is 2.30. The zero-order valence-electron chi connectivity index (χ0n) is 16.7. The van der Waals surface area contributed by atoms with E-state index < -0.39 is 10.0 Å². The predicted octanol–water partition coefficient (Wildman–Crippen LogP) is 4.82. The molecule has 29 heavy (non-hydrogen) atoms. The summed E-state index contributed by atoms with van der Waals surface area (Å²) in [6, 6.07) is 15.4. The van der Waals surface area contributed by atoms with Gasteiger partial charge in [0.2, 0.25) is 10.0 Å². The summed E-state index contributed by atoms with van der Waals surface area (Å²) in [4.78, 5) is 9.57. The number of nitrogens with one attached hydrogen (secondary N) is 2. The highest BCUT2D eigenvalue weighted by atomic mass is 32.2. The molecule has 6 nitrogen and oxygen atoms in total. The summed E-state index contributed by atoms with van der Waals surface area (Å²) in [5, 5.41) is 5.40. The molecule has 0 saturated heterocycles. The summed E-state index contributed by atoms with van der Waals surface area (Å²) in [6.07, 6.45) is 1.13. The van der Waals surface area contributed by atoms with E-state index in [4.69, 9.17) is 4.98 Å². The molecule has 2 heterocycles. The van der Waals surface area contributed by atoms with Crippen LogP contribution in [0.25, 0.3) is 21.8 Å². The van der Waals surface area contributed by atoms with Crippen LogP contribution in [-0.4, -0.2) is 24.6 Å². The zero-order valence-corrected chi connectivity index (χ0v) is 17.6. The molecule has 0 spiro atoms. The third-order valence-corrected chi connectivity index (χ3v) is 5.38. The molecule has 0 atom stereocenters. The number of hydrogen-bond acceptors (Lipinski definition) is 5. The summed E-state index contributed by atoms with van der Waals surface area (Å²) in [5.41, 5.74) is 6.39. The number of nitrogens with zero attached hydrogens (tertiary/aromatic N) is 2. The number of anilines is 3. The number of benzene rings is 2. The van der Waals surface area contributed by atoms with E-state index in [1.807, 2.05) is 25.1 Å². The Hall–Kier alpha value is -3.19. The van der Waals surface area contributed by atoms with Crippen LogP contribution < -0.4 is 10.0 Å². The quantitative estimate of drug-likeness (QED) is 0.475. The number of hydrogen-bond donors (Lipinski definition) is 2. The fraction of sp³-hybridized carbons (Fsp3) is 0.182. The second kappa shape index (κ2) is 7.00. The summed E-state index contributed by atoms with van der Waals surface area (Å²) in [5.74, 6) is 0.721. The van der Waals surface area contributed by atoms with Crippen LogP contribution in [0.15, 0.2) is 48.5 Å². The summed E-state index contributed by atoms with van der Waals surface area (Å²) in [6.45, 7) is 6.09. The molecule has 2 aromatic carbocycles.